The van der Waals surface area contributed by atoms with Gasteiger partial charge in [-0.15, -0.1) is 11.3 Å². The van der Waals surface area contributed by atoms with Gasteiger partial charge < -0.3 is 15.3 Å². The summed E-state index contributed by atoms with van der Waals surface area (Å²) in [5, 5.41) is 28.6. The van der Waals surface area contributed by atoms with E-state index >= 15 is 0 Å². The minimum absolute atomic E-state index is 0.0751. The quantitative estimate of drug-likeness (QED) is 0.670. The van der Waals surface area contributed by atoms with Gasteiger partial charge in [0.2, 0.25) is 10.0 Å². The Bertz CT molecular complexity index is 555. The molecule has 0 saturated carbocycles. The number of carboxylic acids is 1. The zero-order valence-corrected chi connectivity index (χ0v) is 10.7. The largest absolute Gasteiger partial charge is 0.477 e. The molecule has 1 aromatic rings. The van der Waals surface area contributed by atoms with Crippen LogP contribution in [0.2, 0.25) is 0 Å². The molecular weight excluding hydrogens is 282 g/mol. The van der Waals surface area contributed by atoms with Crippen molar-refractivity contribution in [1.82, 2.24) is 4.31 Å². The van der Waals surface area contributed by atoms with Crippen LogP contribution in [0.1, 0.15) is 9.67 Å². The molecule has 0 radical (unpaired) electrons. The van der Waals surface area contributed by atoms with Gasteiger partial charge >= 0.3 is 5.97 Å². The molecule has 1 saturated heterocycles. The van der Waals surface area contributed by atoms with Crippen molar-refractivity contribution < 1.29 is 28.5 Å². The summed E-state index contributed by atoms with van der Waals surface area (Å²) < 4.78 is 25.1. The Morgan fingerprint density at radius 1 is 1.33 bits per heavy atom. The number of aliphatic hydroxyl groups is 2. The molecule has 1 aromatic heterocycles. The van der Waals surface area contributed by atoms with Gasteiger partial charge in [-0.2, -0.15) is 4.31 Å². The lowest BCUT2D eigenvalue weighted by molar-refractivity contribution is 0.0572. The summed E-state index contributed by atoms with van der Waals surface area (Å²) in [5.74, 6) is -1.19. The fraction of sp³-hybridized carbons (Fsp3) is 0.444. The first-order valence-corrected chi connectivity index (χ1v) is 7.32. The highest BCUT2D eigenvalue weighted by Crippen LogP contribution is 2.25. The van der Waals surface area contributed by atoms with Gasteiger partial charge in [0, 0.05) is 18.5 Å². The topological polar surface area (TPSA) is 115 Å². The third kappa shape index (κ3) is 2.27. The SMILES string of the molecule is O=C(O)c1cc(S(=O)(=O)N2C[C@@H](O)[C@@H](O)C2)cs1. The molecule has 9 heteroatoms. The summed E-state index contributed by atoms with van der Waals surface area (Å²) in [6.07, 6.45) is -2.23. The van der Waals surface area contributed by atoms with Gasteiger partial charge in [-0.25, -0.2) is 13.2 Å². The predicted molar refractivity (Wildman–Crippen MR) is 62.1 cm³/mol. The Hall–Kier alpha value is -1.00. The highest BCUT2D eigenvalue weighted by Gasteiger charge is 2.38. The molecule has 0 aliphatic carbocycles. The van der Waals surface area contributed by atoms with Crippen molar-refractivity contribution in [1.29, 1.82) is 0 Å². The van der Waals surface area contributed by atoms with E-state index in [0.717, 1.165) is 21.7 Å². The molecule has 1 fully saturated rings. The third-order valence-electron chi connectivity index (χ3n) is 2.65. The number of aliphatic hydroxyl groups excluding tert-OH is 2. The van der Waals surface area contributed by atoms with E-state index in [1.54, 1.807) is 0 Å². The van der Waals surface area contributed by atoms with E-state index in [0.29, 0.717) is 0 Å². The van der Waals surface area contributed by atoms with E-state index < -0.39 is 28.2 Å². The summed E-state index contributed by atoms with van der Waals surface area (Å²) in [6, 6.07) is 1.07. The number of hydrogen-bond donors (Lipinski definition) is 3. The highest BCUT2D eigenvalue weighted by atomic mass is 32.2. The molecule has 2 rings (SSSR count). The van der Waals surface area contributed by atoms with Crippen molar-refractivity contribution in [3.05, 3.63) is 16.3 Å². The van der Waals surface area contributed by atoms with E-state index in [9.17, 15) is 23.4 Å². The molecule has 0 unspecified atom stereocenters. The molecule has 2 atom stereocenters. The molecule has 7 nitrogen and oxygen atoms in total. The molecule has 0 amide bonds. The molecule has 1 aliphatic rings. The lowest BCUT2D eigenvalue weighted by Gasteiger charge is -2.13. The average molecular weight is 293 g/mol. The minimum atomic E-state index is -3.86. The van der Waals surface area contributed by atoms with Crippen LogP contribution in [0.3, 0.4) is 0 Å². The van der Waals surface area contributed by atoms with E-state index in [-0.39, 0.29) is 22.9 Å². The second-order valence-electron chi connectivity index (χ2n) is 3.91. The van der Waals surface area contributed by atoms with Gasteiger partial charge in [0.15, 0.2) is 0 Å². The summed E-state index contributed by atoms with van der Waals surface area (Å²) in [4.78, 5) is 10.5. The highest BCUT2D eigenvalue weighted by molar-refractivity contribution is 7.89. The fourth-order valence-electron chi connectivity index (χ4n) is 1.65. The summed E-state index contributed by atoms with van der Waals surface area (Å²) in [6.45, 7) is -0.385. The number of β-amino-alcohol motifs (C(OH)–C–C–N with tert-alkyl or cyclic N) is 2. The van der Waals surface area contributed by atoms with Crippen molar-refractivity contribution in [2.75, 3.05) is 13.1 Å². The van der Waals surface area contributed by atoms with Gasteiger partial charge in [-0.3, -0.25) is 0 Å². The Morgan fingerprint density at radius 2 is 1.89 bits per heavy atom. The van der Waals surface area contributed by atoms with Gasteiger partial charge in [-0.05, 0) is 6.07 Å². The molecule has 2 heterocycles. The Balaban J connectivity index is 2.28. The van der Waals surface area contributed by atoms with Crippen molar-refractivity contribution in [2.24, 2.45) is 0 Å². The molecule has 100 valence electrons. The fourth-order valence-corrected chi connectivity index (χ4v) is 4.22. The number of nitrogens with zero attached hydrogens (tertiary/aromatic N) is 1. The van der Waals surface area contributed by atoms with Crippen LogP contribution in [0.15, 0.2) is 16.3 Å². The van der Waals surface area contributed by atoms with Crippen molar-refractivity contribution in [2.45, 2.75) is 17.1 Å². The number of aromatic carboxylic acids is 1. The van der Waals surface area contributed by atoms with Crippen LogP contribution in [0.5, 0.6) is 0 Å². The van der Waals surface area contributed by atoms with Gasteiger partial charge in [0.05, 0.1) is 17.1 Å². The standard InChI is InChI=1S/C9H11NO6S2/c11-6-2-10(3-7(6)12)18(15,16)5-1-8(9(13)14)17-4-5/h1,4,6-7,11-12H,2-3H2,(H,13,14)/t6-,7+. The minimum Gasteiger partial charge on any atom is -0.477 e. The second kappa shape index (κ2) is 4.59. The number of sulfonamides is 1. The maximum Gasteiger partial charge on any atom is 0.345 e. The van der Waals surface area contributed by atoms with Crippen molar-refractivity contribution in [3.8, 4) is 0 Å². The first kappa shape index (κ1) is 13.4. The molecular formula is C9H11NO6S2. The summed E-state index contributed by atoms with van der Waals surface area (Å²) >= 11 is 0.815. The molecule has 3 N–H and O–H groups in total. The lowest BCUT2D eigenvalue weighted by atomic mass is 10.3. The number of carboxylic acid groups (broad SMARTS) is 1. The normalized spacial score (nSPS) is 25.4. The summed E-state index contributed by atoms with van der Waals surface area (Å²) in [7, 11) is -3.86. The van der Waals surface area contributed by atoms with Crippen LogP contribution in [-0.4, -0.2) is 59.3 Å². The zero-order chi connectivity index (χ0) is 13.5. The van der Waals surface area contributed by atoms with Crippen LogP contribution in [0, 0.1) is 0 Å². The first-order valence-electron chi connectivity index (χ1n) is 5.00. The number of rotatable bonds is 3. The van der Waals surface area contributed by atoms with E-state index in [2.05, 4.69) is 0 Å². The number of hydrogen-bond acceptors (Lipinski definition) is 6. The van der Waals surface area contributed by atoms with Crippen LogP contribution in [0.25, 0.3) is 0 Å². The van der Waals surface area contributed by atoms with Crippen LogP contribution in [-0.2, 0) is 10.0 Å². The Morgan fingerprint density at radius 3 is 2.33 bits per heavy atom. The van der Waals surface area contributed by atoms with Crippen molar-refractivity contribution in [3.63, 3.8) is 0 Å². The van der Waals surface area contributed by atoms with Gasteiger partial charge in [0.25, 0.3) is 0 Å². The van der Waals surface area contributed by atoms with E-state index in [1.807, 2.05) is 0 Å². The number of carbonyl (C=O) groups is 1. The number of thiophene rings is 1. The van der Waals surface area contributed by atoms with E-state index in [4.69, 9.17) is 5.11 Å². The smallest absolute Gasteiger partial charge is 0.345 e. The van der Waals surface area contributed by atoms with Crippen molar-refractivity contribution >= 4 is 27.3 Å². The maximum absolute atomic E-state index is 12.1. The maximum atomic E-state index is 12.1. The lowest BCUT2D eigenvalue weighted by Crippen LogP contribution is -2.29. The Kier molecular flexibility index (Phi) is 3.43. The zero-order valence-electron chi connectivity index (χ0n) is 9.05. The van der Waals surface area contributed by atoms with Crippen LogP contribution < -0.4 is 0 Å². The summed E-state index contributed by atoms with van der Waals surface area (Å²) in [5.41, 5.74) is 0. The van der Waals surface area contributed by atoms with Crippen LogP contribution >= 0.6 is 11.3 Å². The van der Waals surface area contributed by atoms with Gasteiger partial charge in [-0.1, -0.05) is 0 Å². The second-order valence-corrected chi connectivity index (χ2v) is 6.76. The molecule has 18 heavy (non-hydrogen) atoms. The Labute approximate surface area is 107 Å². The molecule has 1 aliphatic heterocycles. The monoisotopic (exact) mass is 293 g/mol. The molecule has 0 spiro atoms. The average Bonchev–Trinajstić information content (AvgIpc) is 2.87. The first-order chi connectivity index (χ1) is 8.32. The third-order valence-corrected chi connectivity index (χ3v) is 5.53. The van der Waals surface area contributed by atoms with E-state index in [1.165, 1.54) is 5.38 Å². The van der Waals surface area contributed by atoms with Crippen LogP contribution in [0.4, 0.5) is 0 Å². The molecule has 0 bridgehead atoms. The van der Waals surface area contributed by atoms with Gasteiger partial charge in [0.1, 0.15) is 4.88 Å². The molecule has 0 aromatic carbocycles. The predicted octanol–water partition coefficient (Wildman–Crippen LogP) is -0.828.